The largest absolute Gasteiger partial charge is 0.0656 e. The average Bonchev–Trinajstić information content (AvgIpc) is 2.16. The molecule has 0 aliphatic rings. The molecule has 0 saturated heterocycles. The fraction of sp³-hybridized carbons (Fsp3) is 1.00. The van der Waals surface area contributed by atoms with E-state index in [9.17, 15) is 0 Å². The summed E-state index contributed by atoms with van der Waals surface area (Å²) in [5.41, 5.74) is 0. The molecule has 0 nitrogen and oxygen atoms in total. The lowest BCUT2D eigenvalue weighted by Gasteiger charge is -1.86. The van der Waals surface area contributed by atoms with E-state index < -0.39 is 0 Å². The first-order valence-corrected chi connectivity index (χ1v) is 6.24. The second-order valence-electron chi connectivity index (χ2n) is 3.41. The molecule has 0 saturated carbocycles. The summed E-state index contributed by atoms with van der Waals surface area (Å²) in [5.74, 6) is 0. The summed E-state index contributed by atoms with van der Waals surface area (Å²) in [7, 11) is 0. The maximum absolute atomic E-state index is 2.23. The number of unbranched alkanes of at least 4 members (excludes halogenated alkanes) is 4. The van der Waals surface area contributed by atoms with Gasteiger partial charge in [0.1, 0.15) is 0 Å². The van der Waals surface area contributed by atoms with Crippen molar-refractivity contribution in [1.82, 2.24) is 0 Å². The normalized spacial score (nSPS) is 7.85. The summed E-state index contributed by atoms with van der Waals surface area (Å²) in [6.45, 7) is 13.1. The lowest BCUT2D eigenvalue weighted by atomic mass is 10.2. The molecule has 0 radical (unpaired) electrons. The van der Waals surface area contributed by atoms with Crippen LogP contribution in [-0.2, 0) is 0 Å². The average molecular weight is 188 g/mol. The van der Waals surface area contributed by atoms with Gasteiger partial charge in [0.05, 0.1) is 0 Å². The zero-order valence-electron chi connectivity index (χ0n) is 10.9. The Hall–Kier alpha value is 0. The van der Waals surface area contributed by atoms with Gasteiger partial charge in [-0.15, -0.1) is 0 Å². The van der Waals surface area contributed by atoms with Gasteiger partial charge in [-0.1, -0.05) is 86.5 Å². The molecule has 0 unspecified atom stereocenters. The van der Waals surface area contributed by atoms with E-state index in [-0.39, 0.29) is 0 Å². The molecular formula is C13H32. The van der Waals surface area contributed by atoms with E-state index in [1.165, 1.54) is 44.9 Å². The van der Waals surface area contributed by atoms with Crippen LogP contribution in [0, 0.1) is 0 Å². The van der Waals surface area contributed by atoms with Crippen molar-refractivity contribution in [2.45, 2.75) is 86.5 Å². The molecule has 0 heterocycles. The maximum Gasteiger partial charge on any atom is -0.0536 e. The van der Waals surface area contributed by atoms with Crippen molar-refractivity contribution in [3.05, 3.63) is 0 Å². The fourth-order valence-electron chi connectivity index (χ4n) is 0.500. The molecule has 0 spiro atoms. The summed E-state index contributed by atoms with van der Waals surface area (Å²) in [6.07, 6.45) is 9.43. The Labute approximate surface area is 87.1 Å². The molecule has 0 N–H and O–H groups in total. The quantitative estimate of drug-likeness (QED) is 0.488. The number of hydrogen-bond acceptors (Lipinski definition) is 0. The first kappa shape index (κ1) is 18.7. The van der Waals surface area contributed by atoms with E-state index in [2.05, 4.69) is 41.5 Å². The Kier molecular flexibility index (Phi) is 42.7. The first-order valence-electron chi connectivity index (χ1n) is 6.24. The van der Waals surface area contributed by atoms with Crippen LogP contribution in [0.2, 0.25) is 0 Å². The molecule has 0 aromatic heterocycles. The molecule has 0 aliphatic heterocycles. The van der Waals surface area contributed by atoms with Crippen molar-refractivity contribution in [2.75, 3.05) is 0 Å². The van der Waals surface area contributed by atoms with E-state index >= 15 is 0 Å². The smallest absolute Gasteiger partial charge is 0.0536 e. The van der Waals surface area contributed by atoms with Crippen molar-refractivity contribution >= 4 is 0 Å². The van der Waals surface area contributed by atoms with Gasteiger partial charge in [0.2, 0.25) is 0 Å². The molecule has 13 heavy (non-hydrogen) atoms. The van der Waals surface area contributed by atoms with Gasteiger partial charge in [-0.2, -0.15) is 0 Å². The van der Waals surface area contributed by atoms with Gasteiger partial charge >= 0.3 is 0 Å². The zero-order chi connectivity index (χ0) is 10.9. The van der Waals surface area contributed by atoms with Gasteiger partial charge < -0.3 is 0 Å². The molecule has 0 atom stereocenters. The van der Waals surface area contributed by atoms with Crippen LogP contribution in [0.15, 0.2) is 0 Å². The first-order chi connectivity index (χ1) is 6.24. The van der Waals surface area contributed by atoms with Gasteiger partial charge in [0.15, 0.2) is 0 Å². The second-order valence-corrected chi connectivity index (χ2v) is 3.41. The van der Waals surface area contributed by atoms with Crippen molar-refractivity contribution in [3.63, 3.8) is 0 Å². The monoisotopic (exact) mass is 188 g/mol. The molecule has 0 aliphatic carbocycles. The molecular weight excluding hydrogens is 156 g/mol. The van der Waals surface area contributed by atoms with E-state index in [4.69, 9.17) is 0 Å². The van der Waals surface area contributed by atoms with Crippen LogP contribution in [-0.4, -0.2) is 0 Å². The Balaban J connectivity index is -0.000000125. The van der Waals surface area contributed by atoms with E-state index in [1.54, 1.807) is 0 Å². The Morgan fingerprint density at radius 1 is 0.462 bits per heavy atom. The maximum atomic E-state index is 2.23. The van der Waals surface area contributed by atoms with Gasteiger partial charge in [-0.25, -0.2) is 0 Å². The van der Waals surface area contributed by atoms with Crippen LogP contribution in [0.4, 0.5) is 0 Å². The third-order valence-electron chi connectivity index (χ3n) is 1.46. The van der Waals surface area contributed by atoms with Crippen LogP contribution >= 0.6 is 0 Å². The molecule has 0 rings (SSSR count). The van der Waals surface area contributed by atoms with Gasteiger partial charge in [-0.05, 0) is 0 Å². The summed E-state index contributed by atoms with van der Waals surface area (Å²) in [4.78, 5) is 0. The van der Waals surface area contributed by atoms with Crippen LogP contribution in [0.25, 0.3) is 0 Å². The van der Waals surface area contributed by atoms with Gasteiger partial charge in [0, 0.05) is 0 Å². The molecule has 0 amide bonds. The highest BCUT2D eigenvalue weighted by Gasteiger charge is 1.75. The van der Waals surface area contributed by atoms with Gasteiger partial charge in [-0.3, -0.25) is 0 Å². The molecule has 0 aromatic rings. The lowest BCUT2D eigenvalue weighted by molar-refractivity contribution is 0.702. The minimum atomic E-state index is 1.25. The zero-order valence-corrected chi connectivity index (χ0v) is 10.9. The van der Waals surface area contributed by atoms with Crippen molar-refractivity contribution in [3.8, 4) is 0 Å². The van der Waals surface area contributed by atoms with Crippen molar-refractivity contribution < 1.29 is 0 Å². The van der Waals surface area contributed by atoms with Gasteiger partial charge in [0.25, 0.3) is 0 Å². The Bertz CT molecular complexity index is 33.3. The fourth-order valence-corrected chi connectivity index (χ4v) is 0.500. The topological polar surface area (TPSA) is 0 Å². The highest BCUT2D eigenvalue weighted by atomic mass is 13.8. The SMILES string of the molecule is CCC.CCCC.CCCCCC. The molecule has 0 bridgehead atoms. The Morgan fingerprint density at radius 3 is 0.769 bits per heavy atom. The van der Waals surface area contributed by atoms with E-state index in [0.29, 0.717) is 0 Å². The molecule has 0 fully saturated rings. The summed E-state index contributed by atoms with van der Waals surface area (Å²) < 4.78 is 0. The number of hydrogen-bond donors (Lipinski definition) is 0. The predicted octanol–water partition coefficient (Wildman–Crippen LogP) is 5.81. The minimum absolute atomic E-state index is 1.25. The minimum Gasteiger partial charge on any atom is -0.0656 e. The highest BCUT2D eigenvalue weighted by molar-refractivity contribution is 4.31. The molecule has 0 aromatic carbocycles. The van der Waals surface area contributed by atoms with E-state index in [0.717, 1.165) is 0 Å². The van der Waals surface area contributed by atoms with Crippen LogP contribution in [0.3, 0.4) is 0 Å². The summed E-state index contributed by atoms with van der Waals surface area (Å²) in [5, 5.41) is 0. The summed E-state index contributed by atoms with van der Waals surface area (Å²) in [6, 6.07) is 0. The van der Waals surface area contributed by atoms with Crippen LogP contribution in [0.1, 0.15) is 86.5 Å². The predicted molar refractivity (Wildman–Crippen MR) is 66.4 cm³/mol. The molecule has 0 heteroatoms. The highest BCUT2D eigenvalue weighted by Crippen LogP contribution is 1.95. The third kappa shape index (κ3) is 75.0. The van der Waals surface area contributed by atoms with Crippen LogP contribution < -0.4 is 0 Å². The molecule has 84 valence electrons. The summed E-state index contributed by atoms with van der Waals surface area (Å²) >= 11 is 0. The second kappa shape index (κ2) is 29.6. The van der Waals surface area contributed by atoms with Crippen molar-refractivity contribution in [1.29, 1.82) is 0 Å². The van der Waals surface area contributed by atoms with E-state index in [1.807, 2.05) is 0 Å². The Morgan fingerprint density at radius 2 is 0.692 bits per heavy atom. The van der Waals surface area contributed by atoms with Crippen molar-refractivity contribution in [2.24, 2.45) is 0 Å². The third-order valence-corrected chi connectivity index (χ3v) is 1.46. The van der Waals surface area contributed by atoms with Crippen LogP contribution in [0.5, 0.6) is 0 Å². The lowest BCUT2D eigenvalue weighted by Crippen LogP contribution is -1.66. The standard InChI is InChI=1S/C6H14.C4H10.C3H8/c1-3-5-6-4-2;1-3-4-2;1-3-2/h3-6H2,1-2H3;3-4H2,1-2H3;3H2,1-2H3. The number of rotatable bonds is 4.